The molecule has 34 heavy (non-hydrogen) atoms. The van der Waals surface area contributed by atoms with Crippen molar-refractivity contribution in [2.45, 2.75) is 43.9 Å². The first-order chi connectivity index (χ1) is 16.2. The molecule has 7 rings (SSSR count). The molecule has 4 aliphatic rings. The van der Waals surface area contributed by atoms with Crippen molar-refractivity contribution in [3.05, 3.63) is 54.4 Å². The monoisotopic (exact) mass is 493 g/mol. The lowest BCUT2D eigenvalue weighted by molar-refractivity contribution is -0.129. The van der Waals surface area contributed by atoms with Gasteiger partial charge in [-0.05, 0) is 54.4 Å². The zero-order chi connectivity index (χ0) is 23.7. The van der Waals surface area contributed by atoms with Gasteiger partial charge in [-0.2, -0.15) is 32.5 Å². The fourth-order valence-electron chi connectivity index (χ4n) is 5.72. The summed E-state index contributed by atoms with van der Waals surface area (Å²) in [4.78, 5) is 10.6. The summed E-state index contributed by atoms with van der Waals surface area (Å²) in [7, 11) is -5.53. The fourth-order valence-corrected chi connectivity index (χ4v) is 6.66. The highest BCUT2D eigenvalue weighted by Gasteiger charge is 2.63. The highest BCUT2D eigenvalue weighted by Crippen LogP contribution is 2.67. The topological polar surface area (TPSA) is 100 Å². The second kappa shape index (κ2) is 7.28. The van der Waals surface area contributed by atoms with Crippen LogP contribution in [0.5, 0.6) is 0 Å². The van der Waals surface area contributed by atoms with E-state index < -0.39 is 21.6 Å². The molecule has 3 aromatic rings. The number of rotatable bonds is 5. The van der Waals surface area contributed by atoms with Gasteiger partial charge in [0.1, 0.15) is 0 Å². The zero-order valence-electron chi connectivity index (χ0n) is 18.0. The third-order valence-electron chi connectivity index (χ3n) is 7.44. The second-order valence-electron chi connectivity index (χ2n) is 9.44. The Bertz CT molecular complexity index is 1290. The van der Waals surface area contributed by atoms with E-state index in [2.05, 4.69) is 25.1 Å². The predicted octanol–water partition coefficient (Wildman–Crippen LogP) is 2.83. The molecule has 0 unspecified atom stereocenters. The van der Waals surface area contributed by atoms with Crippen LogP contribution in [0, 0.1) is 11.3 Å². The molecular weight excluding hydrogens is 471 g/mol. The molecule has 2 bridgehead atoms. The number of aromatic amines is 1. The molecule has 0 amide bonds. The number of anilines is 1. The van der Waals surface area contributed by atoms with Crippen LogP contribution in [0.15, 0.2) is 43.1 Å². The van der Waals surface area contributed by atoms with Crippen molar-refractivity contribution in [1.82, 2.24) is 29.3 Å². The number of halogens is 3. The van der Waals surface area contributed by atoms with Crippen LogP contribution < -0.4 is 4.90 Å². The van der Waals surface area contributed by atoms with Crippen molar-refractivity contribution < 1.29 is 21.6 Å². The number of alkyl halides is 3. The first kappa shape index (κ1) is 21.6. The van der Waals surface area contributed by atoms with E-state index in [4.69, 9.17) is 0 Å². The largest absolute Gasteiger partial charge is 0.511 e. The first-order valence-electron chi connectivity index (χ1n) is 11.0. The Hall–Kier alpha value is -2.93. The average Bonchev–Trinajstić information content (AvgIpc) is 3.39. The van der Waals surface area contributed by atoms with Crippen LogP contribution in [0.2, 0.25) is 0 Å². The summed E-state index contributed by atoms with van der Waals surface area (Å²) < 4.78 is 66.9. The Morgan fingerprint density at radius 2 is 1.88 bits per heavy atom. The van der Waals surface area contributed by atoms with Gasteiger partial charge in [0, 0.05) is 31.0 Å². The molecule has 0 saturated heterocycles. The van der Waals surface area contributed by atoms with E-state index in [0.29, 0.717) is 33.7 Å². The lowest BCUT2D eigenvalue weighted by Gasteiger charge is -2.67. The number of aromatic nitrogens is 5. The van der Waals surface area contributed by atoms with Crippen molar-refractivity contribution in [1.29, 1.82) is 0 Å². The molecule has 3 fully saturated rings. The van der Waals surface area contributed by atoms with Gasteiger partial charge in [-0.25, -0.2) is 13.4 Å². The van der Waals surface area contributed by atoms with Gasteiger partial charge in [0.05, 0.1) is 36.6 Å². The standard InChI is InChI=1S/C21H22F3N7O2S/c22-21(23,24)34(32,33)29-10-15-5-17(31-27-3-4-28-31)1-2-18(15)30(11-16-9-25-13-26-16)19(12-29)20-6-14(7-20)8-20/h1-5,9,13-14,19H,6-8,10-12H2,(H,25,26)/t14?,19-,20?/m1/s1. The maximum atomic E-state index is 13.7. The number of H-pyrrole nitrogens is 1. The van der Waals surface area contributed by atoms with Crippen LogP contribution in [0.1, 0.15) is 30.5 Å². The summed E-state index contributed by atoms with van der Waals surface area (Å²) in [5, 5.41) is 8.19. The molecule has 1 N–H and O–H groups in total. The Morgan fingerprint density at radius 3 is 2.47 bits per heavy atom. The molecule has 3 heterocycles. The van der Waals surface area contributed by atoms with E-state index in [9.17, 15) is 21.6 Å². The van der Waals surface area contributed by atoms with Gasteiger partial charge in [-0.3, -0.25) is 0 Å². The third kappa shape index (κ3) is 3.24. The number of sulfonamides is 1. The van der Waals surface area contributed by atoms with Gasteiger partial charge in [0.25, 0.3) is 0 Å². The molecule has 13 heteroatoms. The second-order valence-corrected chi connectivity index (χ2v) is 11.4. The van der Waals surface area contributed by atoms with Gasteiger partial charge >= 0.3 is 15.5 Å². The maximum Gasteiger partial charge on any atom is 0.511 e. The number of hydrogen-bond acceptors (Lipinski definition) is 6. The minimum atomic E-state index is -5.53. The Labute approximate surface area is 193 Å². The molecule has 1 aliphatic heterocycles. The molecule has 2 aromatic heterocycles. The van der Waals surface area contributed by atoms with E-state index in [0.717, 1.165) is 25.0 Å². The number of nitrogens with one attached hydrogen (secondary N) is 1. The van der Waals surface area contributed by atoms with Crippen LogP contribution in [0.3, 0.4) is 0 Å². The summed E-state index contributed by atoms with van der Waals surface area (Å²) in [6.07, 6.45) is 8.93. The summed E-state index contributed by atoms with van der Waals surface area (Å²) >= 11 is 0. The minimum absolute atomic E-state index is 0.187. The molecular formula is C21H22F3N7O2S. The Morgan fingerprint density at radius 1 is 1.15 bits per heavy atom. The summed E-state index contributed by atoms with van der Waals surface area (Å²) in [5.41, 5.74) is -3.05. The molecule has 9 nitrogen and oxygen atoms in total. The van der Waals surface area contributed by atoms with Gasteiger partial charge in [-0.1, -0.05) is 0 Å². The van der Waals surface area contributed by atoms with Crippen LogP contribution >= 0.6 is 0 Å². The quantitative estimate of drug-likeness (QED) is 0.587. The highest BCUT2D eigenvalue weighted by atomic mass is 32.2. The van der Waals surface area contributed by atoms with Gasteiger partial charge < -0.3 is 9.88 Å². The van der Waals surface area contributed by atoms with E-state index in [1.165, 1.54) is 17.2 Å². The van der Waals surface area contributed by atoms with Gasteiger partial charge in [0.15, 0.2) is 0 Å². The smallest absolute Gasteiger partial charge is 0.361 e. The molecule has 3 aliphatic carbocycles. The molecule has 1 aromatic carbocycles. The molecule has 180 valence electrons. The predicted molar refractivity (Wildman–Crippen MR) is 115 cm³/mol. The van der Waals surface area contributed by atoms with Crippen LogP contribution in [0.4, 0.5) is 18.9 Å². The lowest BCUT2D eigenvalue weighted by Crippen LogP contribution is -2.66. The van der Waals surface area contributed by atoms with Crippen molar-refractivity contribution in [2.75, 3.05) is 11.4 Å². The first-order valence-corrected chi connectivity index (χ1v) is 12.4. The zero-order valence-corrected chi connectivity index (χ0v) is 18.8. The number of benzene rings is 1. The molecule has 0 spiro atoms. The number of hydrogen-bond donors (Lipinski definition) is 1. The summed E-state index contributed by atoms with van der Waals surface area (Å²) in [5.74, 6) is 0.581. The van der Waals surface area contributed by atoms with E-state index in [-0.39, 0.29) is 18.5 Å². The number of fused-ring (bicyclic) bond motifs is 1. The summed E-state index contributed by atoms with van der Waals surface area (Å²) in [6, 6.07) is 4.89. The van der Waals surface area contributed by atoms with E-state index in [1.807, 2.05) is 6.07 Å². The van der Waals surface area contributed by atoms with Crippen molar-refractivity contribution in [2.24, 2.45) is 11.3 Å². The molecule has 1 atom stereocenters. The van der Waals surface area contributed by atoms with Crippen LogP contribution in [0.25, 0.3) is 5.69 Å². The van der Waals surface area contributed by atoms with Gasteiger partial charge in [0.2, 0.25) is 0 Å². The van der Waals surface area contributed by atoms with Crippen molar-refractivity contribution in [3.63, 3.8) is 0 Å². The normalized spacial score (nSPS) is 27.0. The van der Waals surface area contributed by atoms with Gasteiger partial charge in [-0.15, -0.1) is 0 Å². The minimum Gasteiger partial charge on any atom is -0.361 e. The fraction of sp³-hybridized carbons (Fsp3) is 0.476. The van der Waals surface area contributed by atoms with Crippen molar-refractivity contribution >= 4 is 15.7 Å². The average molecular weight is 494 g/mol. The number of imidazole rings is 1. The Kier molecular flexibility index (Phi) is 4.63. The number of nitrogens with zero attached hydrogens (tertiary/aromatic N) is 6. The van der Waals surface area contributed by atoms with E-state index >= 15 is 0 Å². The summed E-state index contributed by atoms with van der Waals surface area (Å²) in [6.45, 7) is -0.238. The molecule has 3 saturated carbocycles. The maximum absolute atomic E-state index is 13.7. The van der Waals surface area contributed by atoms with Crippen molar-refractivity contribution in [3.8, 4) is 5.69 Å². The highest BCUT2D eigenvalue weighted by molar-refractivity contribution is 7.89. The Balaban J connectivity index is 1.49. The third-order valence-corrected chi connectivity index (χ3v) is 8.99. The van der Waals surface area contributed by atoms with Crippen LogP contribution in [-0.4, -0.2) is 55.8 Å². The lowest BCUT2D eigenvalue weighted by atomic mass is 9.41. The van der Waals surface area contributed by atoms with Crippen LogP contribution in [-0.2, 0) is 23.1 Å². The van der Waals surface area contributed by atoms with E-state index in [1.54, 1.807) is 24.7 Å². The molecule has 0 radical (unpaired) electrons. The SMILES string of the molecule is O=S(=O)(N1Cc2cc(-n3nccn3)ccc2N(Cc2cnc[nH]2)[C@@H](C23CC(C2)C3)C1)C(F)(F)F.